The van der Waals surface area contributed by atoms with E-state index in [0.29, 0.717) is 41.7 Å². The summed E-state index contributed by atoms with van der Waals surface area (Å²) in [5.41, 5.74) is 1.27. The van der Waals surface area contributed by atoms with E-state index in [2.05, 4.69) is 5.32 Å². The molecule has 0 aromatic heterocycles. The van der Waals surface area contributed by atoms with Crippen LogP contribution in [-0.2, 0) is 15.3 Å². The fourth-order valence-corrected chi connectivity index (χ4v) is 3.60. The third-order valence-corrected chi connectivity index (χ3v) is 5.12. The quantitative estimate of drug-likeness (QED) is 0.741. The van der Waals surface area contributed by atoms with Gasteiger partial charge in [0.05, 0.1) is 18.7 Å². The highest BCUT2D eigenvalue weighted by Gasteiger charge is 2.24. The first kappa shape index (κ1) is 19.2. The number of thioether (sulfide) groups is 1. The lowest BCUT2D eigenvalue weighted by Gasteiger charge is -2.21. The van der Waals surface area contributed by atoms with Crippen molar-refractivity contribution >= 4 is 29.3 Å². The van der Waals surface area contributed by atoms with Gasteiger partial charge in [-0.1, -0.05) is 30.3 Å². The van der Waals surface area contributed by atoms with Gasteiger partial charge >= 0.3 is 0 Å². The highest BCUT2D eigenvalue weighted by Crippen LogP contribution is 2.30. The van der Waals surface area contributed by atoms with E-state index >= 15 is 0 Å². The summed E-state index contributed by atoms with van der Waals surface area (Å²) in [4.78, 5) is 26.0. The van der Waals surface area contributed by atoms with Gasteiger partial charge in [0.15, 0.2) is 0 Å². The van der Waals surface area contributed by atoms with Gasteiger partial charge in [0.2, 0.25) is 11.8 Å². The van der Waals surface area contributed by atoms with E-state index in [1.54, 1.807) is 42.1 Å². The van der Waals surface area contributed by atoms with Crippen molar-refractivity contribution in [2.24, 2.45) is 0 Å². The number of hydrogen-bond acceptors (Lipinski definition) is 4. The molecular formula is C20H21FN2O3S. The molecular weight excluding hydrogens is 367 g/mol. The van der Waals surface area contributed by atoms with Crippen molar-refractivity contribution in [3.63, 3.8) is 0 Å². The lowest BCUT2D eigenvalue weighted by atomic mass is 10.2. The zero-order valence-electron chi connectivity index (χ0n) is 14.8. The topological polar surface area (TPSA) is 58.6 Å². The summed E-state index contributed by atoms with van der Waals surface area (Å²) in [6, 6.07) is 13.9. The maximum Gasteiger partial charge on any atom is 0.240 e. The van der Waals surface area contributed by atoms with Crippen LogP contribution in [-0.4, -0.2) is 37.3 Å². The number of rotatable bonds is 7. The Kier molecular flexibility index (Phi) is 6.70. The van der Waals surface area contributed by atoms with Gasteiger partial charge < -0.3 is 10.1 Å². The van der Waals surface area contributed by atoms with Gasteiger partial charge in [-0.2, -0.15) is 11.8 Å². The number of para-hydroxylation sites is 2. The van der Waals surface area contributed by atoms with Crippen LogP contribution in [0.25, 0.3) is 0 Å². The summed E-state index contributed by atoms with van der Waals surface area (Å²) in [5, 5.41) is 2.81. The molecule has 0 unspecified atom stereocenters. The molecule has 1 N–H and O–H groups in total. The Bertz CT molecular complexity index is 815. The van der Waals surface area contributed by atoms with Crippen LogP contribution in [0.3, 0.4) is 0 Å². The van der Waals surface area contributed by atoms with Crippen molar-refractivity contribution < 1.29 is 18.7 Å². The highest BCUT2D eigenvalue weighted by molar-refractivity contribution is 7.98. The Hall–Kier alpha value is -2.54. The number of amides is 2. The standard InChI is InChI=1S/C20H21FN2O3S/c21-16-6-2-1-5-15(16)14-27-12-10-22-19(24)13-23-17-7-3-4-8-18(17)26-11-9-20(23)25/h1-8H,9-14H2,(H,22,24). The molecule has 1 aliphatic rings. The van der Waals surface area contributed by atoms with Crippen molar-refractivity contribution in [1.29, 1.82) is 0 Å². The average molecular weight is 388 g/mol. The number of anilines is 1. The van der Waals surface area contributed by atoms with Crippen molar-refractivity contribution in [3.05, 3.63) is 59.9 Å². The van der Waals surface area contributed by atoms with E-state index in [9.17, 15) is 14.0 Å². The normalized spacial score (nSPS) is 13.5. The molecule has 142 valence electrons. The van der Waals surface area contributed by atoms with Gasteiger partial charge in [-0.25, -0.2) is 4.39 Å². The lowest BCUT2D eigenvalue weighted by molar-refractivity contribution is -0.123. The molecule has 0 saturated heterocycles. The molecule has 0 saturated carbocycles. The number of hydrogen-bond donors (Lipinski definition) is 1. The predicted octanol–water partition coefficient (Wildman–Crippen LogP) is 2.99. The van der Waals surface area contributed by atoms with Crippen LogP contribution in [0.1, 0.15) is 12.0 Å². The number of fused-ring (bicyclic) bond motifs is 1. The molecule has 0 radical (unpaired) electrons. The maximum absolute atomic E-state index is 13.5. The summed E-state index contributed by atoms with van der Waals surface area (Å²) in [6.07, 6.45) is 0.237. The van der Waals surface area contributed by atoms with Crippen LogP contribution in [0.15, 0.2) is 48.5 Å². The fourth-order valence-electron chi connectivity index (χ4n) is 2.75. The van der Waals surface area contributed by atoms with Gasteiger partial charge in [0.1, 0.15) is 18.1 Å². The monoisotopic (exact) mass is 388 g/mol. The summed E-state index contributed by atoms with van der Waals surface area (Å²) < 4.78 is 19.1. The van der Waals surface area contributed by atoms with E-state index in [4.69, 9.17) is 4.74 Å². The molecule has 3 rings (SSSR count). The van der Waals surface area contributed by atoms with Crippen LogP contribution in [0.4, 0.5) is 10.1 Å². The Morgan fingerprint density at radius 1 is 1.19 bits per heavy atom. The van der Waals surface area contributed by atoms with Gasteiger partial charge in [0.25, 0.3) is 0 Å². The smallest absolute Gasteiger partial charge is 0.240 e. The molecule has 2 aromatic carbocycles. The minimum Gasteiger partial charge on any atom is -0.491 e. The summed E-state index contributed by atoms with van der Waals surface area (Å²) in [7, 11) is 0. The lowest BCUT2D eigenvalue weighted by Crippen LogP contribution is -2.41. The van der Waals surface area contributed by atoms with Crippen LogP contribution in [0.5, 0.6) is 5.75 Å². The fraction of sp³-hybridized carbons (Fsp3) is 0.300. The second-order valence-electron chi connectivity index (χ2n) is 6.04. The molecule has 0 spiro atoms. The highest BCUT2D eigenvalue weighted by atomic mass is 32.2. The van der Waals surface area contributed by atoms with Crippen molar-refractivity contribution in [3.8, 4) is 5.75 Å². The molecule has 5 nitrogen and oxygen atoms in total. The van der Waals surface area contributed by atoms with E-state index in [0.717, 1.165) is 0 Å². The van der Waals surface area contributed by atoms with Crippen molar-refractivity contribution in [2.45, 2.75) is 12.2 Å². The number of ether oxygens (including phenoxy) is 1. The van der Waals surface area contributed by atoms with Crippen LogP contribution in [0, 0.1) is 5.82 Å². The first-order chi connectivity index (χ1) is 13.1. The molecule has 0 fully saturated rings. The second-order valence-corrected chi connectivity index (χ2v) is 7.15. The minimum absolute atomic E-state index is 0.0445. The first-order valence-electron chi connectivity index (χ1n) is 8.75. The summed E-state index contributed by atoms with van der Waals surface area (Å²) in [5.74, 6) is 1.24. The third-order valence-electron chi connectivity index (χ3n) is 4.12. The van der Waals surface area contributed by atoms with Crippen LogP contribution < -0.4 is 15.0 Å². The van der Waals surface area contributed by atoms with E-state index in [-0.39, 0.29) is 30.6 Å². The summed E-state index contributed by atoms with van der Waals surface area (Å²) in [6.45, 7) is 0.718. The van der Waals surface area contributed by atoms with Gasteiger partial charge in [-0.15, -0.1) is 0 Å². The number of nitrogens with zero attached hydrogens (tertiary/aromatic N) is 1. The Morgan fingerprint density at radius 2 is 1.96 bits per heavy atom. The predicted molar refractivity (Wildman–Crippen MR) is 104 cm³/mol. The zero-order chi connectivity index (χ0) is 19.1. The van der Waals surface area contributed by atoms with Crippen molar-refractivity contribution in [1.82, 2.24) is 5.32 Å². The Morgan fingerprint density at radius 3 is 2.81 bits per heavy atom. The molecule has 1 aliphatic heterocycles. The maximum atomic E-state index is 13.5. The largest absolute Gasteiger partial charge is 0.491 e. The Labute approximate surface area is 161 Å². The molecule has 0 aliphatic carbocycles. The minimum atomic E-state index is -0.230. The summed E-state index contributed by atoms with van der Waals surface area (Å²) >= 11 is 1.55. The average Bonchev–Trinajstić information content (AvgIpc) is 2.82. The molecule has 2 amide bonds. The molecule has 1 heterocycles. The van der Waals surface area contributed by atoms with Gasteiger partial charge in [-0.3, -0.25) is 14.5 Å². The van der Waals surface area contributed by atoms with Gasteiger partial charge in [0, 0.05) is 18.1 Å². The number of nitrogens with one attached hydrogen (secondary N) is 1. The van der Waals surface area contributed by atoms with E-state index in [1.165, 1.54) is 11.0 Å². The van der Waals surface area contributed by atoms with Crippen LogP contribution >= 0.6 is 11.8 Å². The molecule has 0 bridgehead atoms. The zero-order valence-corrected chi connectivity index (χ0v) is 15.6. The first-order valence-corrected chi connectivity index (χ1v) is 9.90. The molecule has 2 aromatic rings. The number of carbonyl (C=O) groups excluding carboxylic acids is 2. The number of halogens is 1. The molecule has 27 heavy (non-hydrogen) atoms. The third kappa shape index (κ3) is 5.23. The van der Waals surface area contributed by atoms with E-state index < -0.39 is 0 Å². The molecule has 7 heteroatoms. The number of benzene rings is 2. The van der Waals surface area contributed by atoms with Crippen molar-refractivity contribution in [2.75, 3.05) is 30.3 Å². The van der Waals surface area contributed by atoms with Crippen LogP contribution in [0.2, 0.25) is 0 Å². The van der Waals surface area contributed by atoms with E-state index in [1.807, 2.05) is 12.1 Å². The number of carbonyl (C=O) groups is 2. The Balaban J connectivity index is 1.46. The SMILES string of the molecule is O=C(CN1C(=O)CCOc2ccccc21)NCCSCc1ccccc1F. The molecule has 0 atom stereocenters. The second kappa shape index (κ2) is 9.41. The van der Waals surface area contributed by atoms with Gasteiger partial charge in [-0.05, 0) is 23.8 Å².